The zero-order chi connectivity index (χ0) is 18.6. The highest BCUT2D eigenvalue weighted by molar-refractivity contribution is 5.92. The van der Waals surface area contributed by atoms with Gasteiger partial charge in [0.2, 0.25) is 5.91 Å². The van der Waals surface area contributed by atoms with Crippen molar-refractivity contribution in [3.05, 3.63) is 24.3 Å². The van der Waals surface area contributed by atoms with Crippen molar-refractivity contribution in [1.29, 1.82) is 0 Å². The molecule has 0 radical (unpaired) electrons. The monoisotopic (exact) mass is 364 g/mol. The summed E-state index contributed by atoms with van der Waals surface area (Å²) >= 11 is 0. The number of hydrogen-bond acceptors (Lipinski definition) is 5. The maximum Gasteiger partial charge on any atom is 0.274 e. The SMILES string of the molecule is CCCCNC(=O)CCN(CC[NH+]1CCOCC1)C(=O)c1cnccn1. The topological polar surface area (TPSA) is 88.9 Å². The number of ether oxygens (including phenoxy) is 1. The van der Waals surface area contributed by atoms with Crippen molar-refractivity contribution < 1.29 is 19.2 Å². The molecule has 0 saturated carbocycles. The number of amides is 2. The second-order valence-electron chi connectivity index (χ2n) is 6.45. The minimum atomic E-state index is -0.174. The van der Waals surface area contributed by atoms with E-state index >= 15 is 0 Å². The number of nitrogens with zero attached hydrogens (tertiary/aromatic N) is 3. The van der Waals surface area contributed by atoms with Gasteiger partial charge in [-0.3, -0.25) is 14.6 Å². The molecule has 8 nitrogen and oxygen atoms in total. The van der Waals surface area contributed by atoms with Crippen LogP contribution in [0.25, 0.3) is 0 Å². The van der Waals surface area contributed by atoms with Crippen LogP contribution in [0, 0.1) is 0 Å². The predicted octanol–water partition coefficient (Wildman–Crippen LogP) is -0.860. The van der Waals surface area contributed by atoms with Gasteiger partial charge in [-0.05, 0) is 6.42 Å². The Kier molecular flexibility index (Phi) is 8.99. The first-order chi connectivity index (χ1) is 12.7. The highest BCUT2D eigenvalue weighted by Gasteiger charge is 2.21. The Hall–Kier alpha value is -2.06. The van der Waals surface area contributed by atoms with Crippen LogP contribution >= 0.6 is 0 Å². The molecule has 0 atom stereocenters. The molecule has 2 heterocycles. The van der Waals surface area contributed by atoms with Crippen molar-refractivity contribution in [3.63, 3.8) is 0 Å². The fourth-order valence-corrected chi connectivity index (χ4v) is 2.82. The second kappa shape index (κ2) is 11.5. The van der Waals surface area contributed by atoms with Gasteiger partial charge in [-0.2, -0.15) is 0 Å². The molecule has 0 unspecified atom stereocenters. The van der Waals surface area contributed by atoms with Gasteiger partial charge in [0.15, 0.2) is 0 Å². The van der Waals surface area contributed by atoms with Gasteiger partial charge >= 0.3 is 0 Å². The Labute approximate surface area is 154 Å². The zero-order valence-electron chi connectivity index (χ0n) is 15.6. The summed E-state index contributed by atoms with van der Waals surface area (Å²) in [5, 5.41) is 2.90. The third-order valence-electron chi connectivity index (χ3n) is 4.47. The number of rotatable bonds is 10. The zero-order valence-corrected chi connectivity index (χ0v) is 15.6. The smallest absolute Gasteiger partial charge is 0.274 e. The van der Waals surface area contributed by atoms with E-state index in [-0.39, 0.29) is 11.8 Å². The maximum absolute atomic E-state index is 12.7. The van der Waals surface area contributed by atoms with Gasteiger partial charge in [0.25, 0.3) is 5.91 Å². The number of quaternary nitrogens is 1. The molecule has 0 spiro atoms. The average molecular weight is 364 g/mol. The molecule has 2 rings (SSSR count). The van der Waals surface area contributed by atoms with Gasteiger partial charge in [0, 0.05) is 31.9 Å². The normalized spacial score (nSPS) is 14.8. The molecular formula is C18H30N5O3+. The molecule has 1 aromatic rings. The van der Waals surface area contributed by atoms with Gasteiger partial charge in [0.05, 0.1) is 32.5 Å². The summed E-state index contributed by atoms with van der Waals surface area (Å²) in [5.41, 5.74) is 0.316. The first-order valence-corrected chi connectivity index (χ1v) is 9.44. The summed E-state index contributed by atoms with van der Waals surface area (Å²) in [7, 11) is 0. The van der Waals surface area contributed by atoms with E-state index in [4.69, 9.17) is 4.74 Å². The highest BCUT2D eigenvalue weighted by atomic mass is 16.5. The Morgan fingerprint density at radius 1 is 1.27 bits per heavy atom. The third kappa shape index (κ3) is 7.05. The van der Waals surface area contributed by atoms with Crippen LogP contribution in [0.2, 0.25) is 0 Å². The number of hydrogen-bond donors (Lipinski definition) is 2. The van der Waals surface area contributed by atoms with Gasteiger partial charge in [-0.1, -0.05) is 13.3 Å². The lowest BCUT2D eigenvalue weighted by Gasteiger charge is -2.27. The molecule has 2 amide bonds. The Morgan fingerprint density at radius 2 is 2.08 bits per heavy atom. The van der Waals surface area contributed by atoms with Crippen LogP contribution in [0.5, 0.6) is 0 Å². The fourth-order valence-electron chi connectivity index (χ4n) is 2.82. The number of carbonyl (C=O) groups is 2. The number of carbonyl (C=O) groups excluding carboxylic acids is 2. The molecule has 1 saturated heterocycles. The fraction of sp³-hybridized carbons (Fsp3) is 0.667. The number of morpholine rings is 1. The molecule has 8 heteroatoms. The summed E-state index contributed by atoms with van der Waals surface area (Å²) < 4.78 is 5.38. The molecule has 0 aliphatic carbocycles. The maximum atomic E-state index is 12.7. The lowest BCUT2D eigenvalue weighted by molar-refractivity contribution is -0.907. The molecule has 2 N–H and O–H groups in total. The lowest BCUT2D eigenvalue weighted by Crippen LogP contribution is -3.14. The van der Waals surface area contributed by atoms with Crippen LogP contribution in [0.15, 0.2) is 18.6 Å². The van der Waals surface area contributed by atoms with E-state index in [1.54, 1.807) is 11.1 Å². The number of unbranched alkanes of at least 4 members (excludes halogenated alkanes) is 1. The summed E-state index contributed by atoms with van der Waals surface area (Å²) in [6.07, 6.45) is 6.83. The van der Waals surface area contributed by atoms with Gasteiger partial charge in [-0.15, -0.1) is 0 Å². The molecular weight excluding hydrogens is 334 g/mol. The average Bonchev–Trinajstić information content (AvgIpc) is 2.69. The van der Waals surface area contributed by atoms with E-state index in [1.165, 1.54) is 17.3 Å². The molecule has 1 aliphatic heterocycles. The van der Waals surface area contributed by atoms with Gasteiger partial charge in [-0.25, -0.2) is 4.98 Å². The van der Waals surface area contributed by atoms with E-state index in [9.17, 15) is 9.59 Å². The lowest BCUT2D eigenvalue weighted by atomic mass is 10.3. The molecule has 1 fully saturated rings. The molecule has 1 aromatic heterocycles. The summed E-state index contributed by atoms with van der Waals surface area (Å²) in [6.45, 7) is 8.00. The first kappa shape index (κ1) is 20.3. The van der Waals surface area contributed by atoms with E-state index in [2.05, 4.69) is 22.2 Å². The predicted molar refractivity (Wildman–Crippen MR) is 96.9 cm³/mol. The minimum absolute atomic E-state index is 0.0193. The Morgan fingerprint density at radius 3 is 2.77 bits per heavy atom. The molecule has 0 aromatic carbocycles. The van der Waals surface area contributed by atoms with Crippen LogP contribution < -0.4 is 10.2 Å². The van der Waals surface area contributed by atoms with Crippen LogP contribution in [-0.4, -0.2) is 79.2 Å². The molecule has 0 bridgehead atoms. The summed E-state index contributed by atoms with van der Waals surface area (Å²) in [5.74, 6) is -0.193. The van der Waals surface area contributed by atoms with E-state index in [1.807, 2.05) is 0 Å². The van der Waals surface area contributed by atoms with Gasteiger partial charge in [0.1, 0.15) is 18.8 Å². The Balaban J connectivity index is 1.89. The first-order valence-electron chi connectivity index (χ1n) is 9.44. The van der Waals surface area contributed by atoms with Gasteiger partial charge < -0.3 is 19.9 Å². The summed E-state index contributed by atoms with van der Waals surface area (Å²) in [6, 6.07) is 0. The summed E-state index contributed by atoms with van der Waals surface area (Å²) in [4.78, 5) is 35.9. The van der Waals surface area contributed by atoms with Crippen molar-refractivity contribution in [1.82, 2.24) is 20.2 Å². The number of nitrogens with one attached hydrogen (secondary N) is 2. The quantitative estimate of drug-likeness (QED) is 0.528. The number of aromatic nitrogens is 2. The van der Waals surface area contributed by atoms with Crippen molar-refractivity contribution in [2.24, 2.45) is 0 Å². The van der Waals surface area contributed by atoms with Crippen LogP contribution in [0.3, 0.4) is 0 Å². The van der Waals surface area contributed by atoms with Crippen molar-refractivity contribution in [2.45, 2.75) is 26.2 Å². The van der Waals surface area contributed by atoms with Crippen molar-refractivity contribution in [3.8, 4) is 0 Å². The molecule has 144 valence electrons. The van der Waals surface area contributed by atoms with E-state index in [0.717, 1.165) is 45.7 Å². The minimum Gasteiger partial charge on any atom is -0.370 e. The largest absolute Gasteiger partial charge is 0.370 e. The van der Waals surface area contributed by atoms with Crippen molar-refractivity contribution >= 4 is 11.8 Å². The van der Waals surface area contributed by atoms with E-state index < -0.39 is 0 Å². The standard InChI is InChI=1S/C18H29N5O3/c1-2-3-5-21-17(24)4-8-23(10-9-22-11-13-26-14-12-22)18(25)16-15-19-6-7-20-16/h6-7,15H,2-5,8-14H2,1H3,(H,21,24)/p+1. The van der Waals surface area contributed by atoms with E-state index in [0.29, 0.717) is 31.7 Å². The highest BCUT2D eigenvalue weighted by Crippen LogP contribution is 2.01. The second-order valence-corrected chi connectivity index (χ2v) is 6.45. The third-order valence-corrected chi connectivity index (χ3v) is 4.47. The Bertz CT molecular complexity index is 549. The molecule has 1 aliphatic rings. The van der Waals surface area contributed by atoms with Crippen LogP contribution in [0.4, 0.5) is 0 Å². The van der Waals surface area contributed by atoms with Crippen LogP contribution in [0.1, 0.15) is 36.7 Å². The van der Waals surface area contributed by atoms with Crippen molar-refractivity contribution in [2.75, 3.05) is 52.5 Å². The van der Waals surface area contributed by atoms with Crippen LogP contribution in [-0.2, 0) is 9.53 Å². The molecule has 26 heavy (non-hydrogen) atoms.